The molecule has 2 amide bonds. The number of H-pyrrole nitrogens is 1. The first-order chi connectivity index (χ1) is 13.4. The van der Waals surface area contributed by atoms with Crippen LogP contribution >= 0.6 is 0 Å². The lowest BCUT2D eigenvalue weighted by atomic mass is 10.1. The maximum absolute atomic E-state index is 12.8. The zero-order chi connectivity index (χ0) is 20.3. The summed E-state index contributed by atoms with van der Waals surface area (Å²) in [6.07, 6.45) is 1.98. The van der Waals surface area contributed by atoms with Crippen molar-refractivity contribution in [2.45, 2.75) is 39.7 Å². The van der Waals surface area contributed by atoms with E-state index in [-0.39, 0.29) is 17.8 Å². The first-order valence-corrected chi connectivity index (χ1v) is 9.38. The van der Waals surface area contributed by atoms with E-state index in [1.807, 2.05) is 0 Å². The smallest absolute Gasteiger partial charge is 0.272 e. The number of nitrogens with one attached hydrogen (secondary N) is 3. The van der Waals surface area contributed by atoms with Gasteiger partial charge in [-0.1, -0.05) is 12.1 Å². The third-order valence-corrected chi connectivity index (χ3v) is 4.95. The summed E-state index contributed by atoms with van der Waals surface area (Å²) in [5, 5.41) is 5.65. The Kier molecular flexibility index (Phi) is 5.94. The Morgan fingerprint density at radius 2 is 1.93 bits per heavy atom. The molecule has 1 atom stereocenters. The van der Waals surface area contributed by atoms with E-state index in [2.05, 4.69) is 15.6 Å². The van der Waals surface area contributed by atoms with Crippen molar-refractivity contribution in [3.05, 3.63) is 52.3 Å². The molecule has 7 heteroatoms. The number of hydrogen-bond donors (Lipinski definition) is 3. The highest BCUT2D eigenvalue weighted by Gasteiger charge is 2.22. The number of para-hydroxylation sites is 1. The maximum atomic E-state index is 12.8. The number of aryl methyl sites for hydroxylation is 1. The van der Waals surface area contributed by atoms with Gasteiger partial charge in [0, 0.05) is 24.4 Å². The van der Waals surface area contributed by atoms with Gasteiger partial charge in [-0.05, 0) is 51.3 Å². The molecule has 1 unspecified atom stereocenters. The SMILES string of the molecule is CC(=O)c1c(C)[nH]c(C(=O)Nc2ccccc2C(=O)NCC2CCCO2)c1C. The second kappa shape index (κ2) is 8.39. The molecular weight excluding hydrogens is 358 g/mol. The van der Waals surface area contributed by atoms with Crippen LogP contribution in [-0.2, 0) is 4.74 Å². The lowest BCUT2D eigenvalue weighted by Crippen LogP contribution is -2.32. The molecule has 3 N–H and O–H groups in total. The summed E-state index contributed by atoms with van der Waals surface area (Å²) >= 11 is 0. The van der Waals surface area contributed by atoms with Gasteiger partial charge >= 0.3 is 0 Å². The van der Waals surface area contributed by atoms with Gasteiger partial charge in [0.2, 0.25) is 0 Å². The number of hydrogen-bond acceptors (Lipinski definition) is 4. The van der Waals surface area contributed by atoms with Crippen LogP contribution in [0.25, 0.3) is 0 Å². The first-order valence-electron chi connectivity index (χ1n) is 9.38. The third-order valence-electron chi connectivity index (χ3n) is 4.95. The van der Waals surface area contributed by atoms with Crippen molar-refractivity contribution in [1.29, 1.82) is 0 Å². The second-order valence-electron chi connectivity index (χ2n) is 7.03. The van der Waals surface area contributed by atoms with Gasteiger partial charge in [-0.15, -0.1) is 0 Å². The summed E-state index contributed by atoms with van der Waals surface area (Å²) in [6, 6.07) is 6.83. The predicted molar refractivity (Wildman–Crippen MR) is 106 cm³/mol. The van der Waals surface area contributed by atoms with Crippen molar-refractivity contribution in [3.8, 4) is 0 Å². The van der Waals surface area contributed by atoms with Gasteiger partial charge in [0.25, 0.3) is 11.8 Å². The lowest BCUT2D eigenvalue weighted by molar-refractivity contribution is 0.0858. The summed E-state index contributed by atoms with van der Waals surface area (Å²) < 4.78 is 5.52. The Balaban J connectivity index is 1.76. The van der Waals surface area contributed by atoms with Crippen LogP contribution < -0.4 is 10.6 Å². The van der Waals surface area contributed by atoms with E-state index >= 15 is 0 Å². The van der Waals surface area contributed by atoms with Crippen molar-refractivity contribution < 1.29 is 19.1 Å². The average Bonchev–Trinajstić information content (AvgIpc) is 3.27. The molecule has 28 heavy (non-hydrogen) atoms. The highest BCUT2D eigenvalue weighted by atomic mass is 16.5. The molecule has 1 aromatic carbocycles. The second-order valence-corrected chi connectivity index (χ2v) is 7.03. The summed E-state index contributed by atoms with van der Waals surface area (Å²) in [5.74, 6) is -0.762. The number of benzene rings is 1. The number of Topliss-reactive ketones (excluding diaryl/α,β-unsaturated/α-hetero) is 1. The fraction of sp³-hybridized carbons (Fsp3) is 0.381. The molecule has 1 saturated heterocycles. The van der Waals surface area contributed by atoms with Crippen LogP contribution in [0, 0.1) is 13.8 Å². The number of ether oxygens (including phenoxy) is 1. The molecule has 0 radical (unpaired) electrons. The fourth-order valence-electron chi connectivity index (χ4n) is 3.59. The number of carbonyl (C=O) groups excluding carboxylic acids is 3. The van der Waals surface area contributed by atoms with Gasteiger partial charge in [-0.25, -0.2) is 0 Å². The van der Waals surface area contributed by atoms with Crippen LogP contribution in [0.2, 0.25) is 0 Å². The zero-order valence-electron chi connectivity index (χ0n) is 16.3. The molecule has 2 aromatic rings. The molecular formula is C21H25N3O4. The number of aromatic nitrogens is 1. The van der Waals surface area contributed by atoms with Crippen molar-refractivity contribution in [1.82, 2.24) is 10.3 Å². The lowest BCUT2D eigenvalue weighted by Gasteiger charge is -2.13. The molecule has 1 aliphatic heterocycles. The number of anilines is 1. The number of carbonyl (C=O) groups is 3. The Morgan fingerprint density at radius 1 is 1.18 bits per heavy atom. The molecule has 148 valence electrons. The minimum absolute atomic E-state index is 0.0419. The first kappa shape index (κ1) is 19.8. The van der Waals surface area contributed by atoms with E-state index in [0.29, 0.717) is 40.3 Å². The number of aromatic amines is 1. The minimum atomic E-state index is -0.396. The highest BCUT2D eigenvalue weighted by molar-refractivity contribution is 6.10. The van der Waals surface area contributed by atoms with Crippen LogP contribution in [0.4, 0.5) is 5.69 Å². The molecule has 1 aliphatic rings. The van der Waals surface area contributed by atoms with Gasteiger partial charge in [0.15, 0.2) is 5.78 Å². The summed E-state index contributed by atoms with van der Waals surface area (Å²) in [7, 11) is 0. The Bertz CT molecular complexity index is 910. The molecule has 0 aliphatic carbocycles. The van der Waals surface area contributed by atoms with E-state index in [1.54, 1.807) is 38.1 Å². The summed E-state index contributed by atoms with van der Waals surface area (Å²) in [5.41, 5.74) is 2.88. The van der Waals surface area contributed by atoms with E-state index in [4.69, 9.17) is 4.74 Å². The summed E-state index contributed by atoms with van der Waals surface area (Å²) in [6.45, 7) is 6.13. The normalized spacial score (nSPS) is 16.0. The van der Waals surface area contributed by atoms with Crippen molar-refractivity contribution in [3.63, 3.8) is 0 Å². The van der Waals surface area contributed by atoms with Crippen LogP contribution in [0.5, 0.6) is 0 Å². The molecule has 7 nitrogen and oxygen atoms in total. The van der Waals surface area contributed by atoms with E-state index < -0.39 is 5.91 Å². The quantitative estimate of drug-likeness (QED) is 0.668. The van der Waals surface area contributed by atoms with Gasteiger partial charge in [0.05, 0.1) is 17.4 Å². The minimum Gasteiger partial charge on any atom is -0.376 e. The topological polar surface area (TPSA) is 100 Å². The molecule has 0 spiro atoms. The van der Waals surface area contributed by atoms with Crippen LogP contribution in [0.1, 0.15) is 62.2 Å². The number of rotatable bonds is 6. The molecule has 0 saturated carbocycles. The van der Waals surface area contributed by atoms with E-state index in [9.17, 15) is 14.4 Å². The van der Waals surface area contributed by atoms with Crippen molar-refractivity contribution in [2.24, 2.45) is 0 Å². The standard InChI is InChI=1S/C21H25N3O4/c1-12-18(14(3)25)13(2)23-19(12)21(27)24-17-9-5-4-8-16(17)20(26)22-11-15-7-6-10-28-15/h4-5,8-9,15,23H,6-7,10-11H2,1-3H3,(H,22,26)(H,24,27). The van der Waals surface area contributed by atoms with Crippen LogP contribution in [-0.4, -0.2) is 41.8 Å². The van der Waals surface area contributed by atoms with Gasteiger partial charge in [0.1, 0.15) is 5.69 Å². The Morgan fingerprint density at radius 3 is 2.57 bits per heavy atom. The fourth-order valence-corrected chi connectivity index (χ4v) is 3.59. The Hall–Kier alpha value is -2.93. The van der Waals surface area contributed by atoms with Crippen LogP contribution in [0.3, 0.4) is 0 Å². The van der Waals surface area contributed by atoms with Crippen molar-refractivity contribution in [2.75, 3.05) is 18.5 Å². The van der Waals surface area contributed by atoms with Gasteiger partial charge < -0.3 is 20.4 Å². The predicted octanol–water partition coefficient (Wildman–Crippen LogP) is 3.00. The molecule has 0 bridgehead atoms. The highest BCUT2D eigenvalue weighted by Crippen LogP contribution is 2.21. The maximum Gasteiger partial charge on any atom is 0.272 e. The van der Waals surface area contributed by atoms with E-state index in [1.165, 1.54) is 6.92 Å². The molecule has 3 rings (SSSR count). The summed E-state index contributed by atoms with van der Waals surface area (Å²) in [4.78, 5) is 40.1. The van der Waals surface area contributed by atoms with Gasteiger partial charge in [-0.3, -0.25) is 14.4 Å². The monoisotopic (exact) mass is 383 g/mol. The van der Waals surface area contributed by atoms with Gasteiger partial charge in [-0.2, -0.15) is 0 Å². The largest absolute Gasteiger partial charge is 0.376 e. The van der Waals surface area contributed by atoms with Crippen molar-refractivity contribution >= 4 is 23.3 Å². The van der Waals surface area contributed by atoms with Crippen LogP contribution in [0.15, 0.2) is 24.3 Å². The number of amides is 2. The van der Waals surface area contributed by atoms with E-state index in [0.717, 1.165) is 19.4 Å². The molecule has 1 fully saturated rings. The zero-order valence-corrected chi connectivity index (χ0v) is 16.3. The third kappa shape index (κ3) is 4.14. The Labute approximate surface area is 163 Å². The molecule has 1 aromatic heterocycles. The molecule has 2 heterocycles. The number of ketones is 1. The average molecular weight is 383 g/mol.